The number of hydrogen-bond acceptors (Lipinski definition) is 4. The van der Waals surface area contributed by atoms with E-state index in [1.807, 2.05) is 38.1 Å². The van der Waals surface area contributed by atoms with Crippen molar-refractivity contribution in [3.63, 3.8) is 0 Å². The molecule has 0 fully saturated rings. The van der Waals surface area contributed by atoms with Crippen molar-refractivity contribution in [3.8, 4) is 5.75 Å². The molecule has 1 aromatic carbocycles. The van der Waals surface area contributed by atoms with Crippen LogP contribution in [0.25, 0.3) is 0 Å². The maximum atomic E-state index is 10.7. The van der Waals surface area contributed by atoms with E-state index in [0.717, 1.165) is 11.3 Å². The Hall–Kier alpha value is -1.59. The van der Waals surface area contributed by atoms with E-state index >= 15 is 0 Å². The van der Waals surface area contributed by atoms with Crippen molar-refractivity contribution in [2.75, 3.05) is 19.7 Å². The SMILES string of the molecule is CCOc1ccc(C(O)C(C)NCCNC(C)=O)cc1. The molecule has 1 rings (SSSR count). The Morgan fingerprint density at radius 2 is 1.95 bits per heavy atom. The first-order valence-corrected chi connectivity index (χ1v) is 6.93. The van der Waals surface area contributed by atoms with Crippen LogP contribution in [0, 0.1) is 0 Å². The highest BCUT2D eigenvalue weighted by Crippen LogP contribution is 2.20. The molecule has 5 heteroatoms. The lowest BCUT2D eigenvalue weighted by molar-refractivity contribution is -0.118. The summed E-state index contributed by atoms with van der Waals surface area (Å²) >= 11 is 0. The molecule has 2 atom stereocenters. The fourth-order valence-corrected chi connectivity index (χ4v) is 1.87. The highest BCUT2D eigenvalue weighted by molar-refractivity contribution is 5.72. The van der Waals surface area contributed by atoms with Crippen LogP contribution in [0.2, 0.25) is 0 Å². The quantitative estimate of drug-likeness (QED) is 0.626. The highest BCUT2D eigenvalue weighted by Gasteiger charge is 2.15. The van der Waals surface area contributed by atoms with E-state index in [-0.39, 0.29) is 11.9 Å². The first-order valence-electron chi connectivity index (χ1n) is 6.93. The third-order valence-electron chi connectivity index (χ3n) is 2.97. The van der Waals surface area contributed by atoms with Crippen molar-refractivity contribution in [1.29, 1.82) is 0 Å². The van der Waals surface area contributed by atoms with Crippen molar-refractivity contribution in [2.45, 2.75) is 32.9 Å². The Balaban J connectivity index is 2.43. The fraction of sp³-hybridized carbons (Fsp3) is 0.533. The molecule has 0 aliphatic carbocycles. The maximum Gasteiger partial charge on any atom is 0.216 e. The summed E-state index contributed by atoms with van der Waals surface area (Å²) in [6.45, 7) is 7.13. The van der Waals surface area contributed by atoms with Gasteiger partial charge in [0, 0.05) is 26.1 Å². The van der Waals surface area contributed by atoms with Gasteiger partial charge in [-0.3, -0.25) is 4.79 Å². The molecule has 0 radical (unpaired) electrons. The molecule has 2 unspecified atom stereocenters. The van der Waals surface area contributed by atoms with Crippen molar-refractivity contribution in [3.05, 3.63) is 29.8 Å². The average Bonchev–Trinajstić information content (AvgIpc) is 2.43. The van der Waals surface area contributed by atoms with Crippen molar-refractivity contribution in [1.82, 2.24) is 10.6 Å². The monoisotopic (exact) mass is 280 g/mol. The minimum atomic E-state index is -0.594. The van der Waals surface area contributed by atoms with Gasteiger partial charge in [0.25, 0.3) is 0 Å². The molecular formula is C15H24N2O3. The molecule has 0 aromatic heterocycles. The molecule has 0 bridgehead atoms. The van der Waals surface area contributed by atoms with E-state index in [0.29, 0.717) is 19.7 Å². The molecule has 5 nitrogen and oxygen atoms in total. The number of rotatable bonds is 8. The number of carbonyl (C=O) groups is 1. The maximum absolute atomic E-state index is 10.7. The van der Waals surface area contributed by atoms with Crippen LogP contribution in [-0.4, -0.2) is 36.8 Å². The van der Waals surface area contributed by atoms with Gasteiger partial charge in [0.15, 0.2) is 0 Å². The Morgan fingerprint density at radius 3 is 2.50 bits per heavy atom. The van der Waals surface area contributed by atoms with Gasteiger partial charge >= 0.3 is 0 Å². The van der Waals surface area contributed by atoms with Crippen LogP contribution in [0.1, 0.15) is 32.4 Å². The van der Waals surface area contributed by atoms with E-state index in [1.54, 1.807) is 0 Å². The molecule has 0 spiro atoms. The van der Waals surface area contributed by atoms with Crippen LogP contribution in [0.4, 0.5) is 0 Å². The predicted octanol–water partition coefficient (Wildman–Crippen LogP) is 1.23. The van der Waals surface area contributed by atoms with Crippen molar-refractivity contribution >= 4 is 5.91 Å². The Kier molecular flexibility index (Phi) is 7.04. The molecule has 0 saturated heterocycles. The van der Waals surface area contributed by atoms with Crippen LogP contribution < -0.4 is 15.4 Å². The van der Waals surface area contributed by atoms with Crippen molar-refractivity contribution in [2.24, 2.45) is 0 Å². The molecule has 0 saturated carbocycles. The minimum absolute atomic E-state index is 0.0495. The Morgan fingerprint density at radius 1 is 1.30 bits per heavy atom. The molecule has 1 amide bonds. The zero-order chi connectivity index (χ0) is 15.0. The van der Waals surface area contributed by atoms with Gasteiger partial charge in [0.2, 0.25) is 5.91 Å². The zero-order valence-electron chi connectivity index (χ0n) is 12.3. The molecule has 0 aliphatic heterocycles. The second kappa shape index (κ2) is 8.55. The second-order valence-electron chi connectivity index (χ2n) is 4.67. The predicted molar refractivity (Wildman–Crippen MR) is 78.7 cm³/mol. The van der Waals surface area contributed by atoms with E-state index < -0.39 is 6.10 Å². The summed E-state index contributed by atoms with van der Waals surface area (Å²) in [6.07, 6.45) is -0.594. The summed E-state index contributed by atoms with van der Waals surface area (Å²) in [5, 5.41) is 16.1. The van der Waals surface area contributed by atoms with Crippen LogP contribution in [0.3, 0.4) is 0 Å². The van der Waals surface area contributed by atoms with Crippen LogP contribution >= 0.6 is 0 Å². The second-order valence-corrected chi connectivity index (χ2v) is 4.67. The summed E-state index contributed by atoms with van der Waals surface area (Å²) in [5.41, 5.74) is 0.841. The number of nitrogens with one attached hydrogen (secondary N) is 2. The summed E-state index contributed by atoms with van der Waals surface area (Å²) in [4.78, 5) is 10.7. The molecular weight excluding hydrogens is 256 g/mol. The van der Waals surface area contributed by atoms with E-state index in [4.69, 9.17) is 4.74 Å². The van der Waals surface area contributed by atoms with Gasteiger partial charge < -0.3 is 20.5 Å². The number of amides is 1. The molecule has 3 N–H and O–H groups in total. The number of ether oxygens (including phenoxy) is 1. The van der Waals surface area contributed by atoms with E-state index in [1.165, 1.54) is 6.92 Å². The van der Waals surface area contributed by atoms with Gasteiger partial charge in [-0.1, -0.05) is 12.1 Å². The summed E-state index contributed by atoms with van der Waals surface area (Å²) in [5.74, 6) is 0.751. The Labute approximate surface area is 120 Å². The van der Waals surface area contributed by atoms with Gasteiger partial charge in [-0.25, -0.2) is 0 Å². The van der Waals surface area contributed by atoms with Gasteiger partial charge in [-0.05, 0) is 31.5 Å². The van der Waals surface area contributed by atoms with Gasteiger partial charge in [0.05, 0.1) is 12.7 Å². The summed E-state index contributed by atoms with van der Waals surface area (Å²) in [6, 6.07) is 7.34. The molecule has 1 aromatic rings. The van der Waals surface area contributed by atoms with Crippen LogP contribution in [0.15, 0.2) is 24.3 Å². The number of carbonyl (C=O) groups excluding carboxylic acids is 1. The third kappa shape index (κ3) is 5.59. The van der Waals surface area contributed by atoms with Gasteiger partial charge in [-0.15, -0.1) is 0 Å². The smallest absolute Gasteiger partial charge is 0.216 e. The number of aliphatic hydroxyl groups is 1. The lowest BCUT2D eigenvalue weighted by atomic mass is 10.0. The fourth-order valence-electron chi connectivity index (χ4n) is 1.87. The normalized spacial score (nSPS) is 13.6. The largest absolute Gasteiger partial charge is 0.494 e. The van der Waals surface area contributed by atoms with Crippen LogP contribution in [0.5, 0.6) is 5.75 Å². The van der Waals surface area contributed by atoms with Gasteiger partial charge in [0.1, 0.15) is 5.75 Å². The van der Waals surface area contributed by atoms with Gasteiger partial charge in [-0.2, -0.15) is 0 Å². The highest BCUT2D eigenvalue weighted by atomic mass is 16.5. The topological polar surface area (TPSA) is 70.6 Å². The summed E-state index contributed by atoms with van der Waals surface area (Å²) < 4.78 is 5.37. The molecule has 0 aliphatic rings. The first kappa shape index (κ1) is 16.5. The third-order valence-corrected chi connectivity index (χ3v) is 2.97. The lowest BCUT2D eigenvalue weighted by Crippen LogP contribution is -2.38. The Bertz CT molecular complexity index is 406. The molecule has 0 heterocycles. The molecule has 112 valence electrons. The van der Waals surface area contributed by atoms with Crippen LogP contribution in [-0.2, 0) is 4.79 Å². The number of hydrogen-bond donors (Lipinski definition) is 3. The summed E-state index contributed by atoms with van der Waals surface area (Å²) in [7, 11) is 0. The lowest BCUT2D eigenvalue weighted by Gasteiger charge is -2.21. The van der Waals surface area contributed by atoms with E-state index in [9.17, 15) is 9.90 Å². The molecule has 20 heavy (non-hydrogen) atoms. The number of aliphatic hydroxyl groups excluding tert-OH is 1. The zero-order valence-corrected chi connectivity index (χ0v) is 12.3. The minimum Gasteiger partial charge on any atom is -0.494 e. The first-order chi connectivity index (χ1) is 9.54. The average molecular weight is 280 g/mol. The standard InChI is InChI=1S/C15H24N2O3/c1-4-20-14-7-5-13(6-8-14)15(19)11(2)16-9-10-17-12(3)18/h5-8,11,15-16,19H,4,9-10H2,1-3H3,(H,17,18). The van der Waals surface area contributed by atoms with E-state index in [2.05, 4.69) is 10.6 Å². The number of benzene rings is 1. The van der Waals surface area contributed by atoms with Crippen molar-refractivity contribution < 1.29 is 14.6 Å².